The van der Waals surface area contributed by atoms with Gasteiger partial charge in [-0.2, -0.15) is 13.2 Å². The Morgan fingerprint density at radius 2 is 2.07 bits per heavy atom. The van der Waals surface area contributed by atoms with Gasteiger partial charge in [-0.05, 0) is 42.7 Å². The van der Waals surface area contributed by atoms with Crippen molar-refractivity contribution in [1.29, 1.82) is 0 Å². The highest BCUT2D eigenvalue weighted by Gasteiger charge is 2.33. The number of benzene rings is 1. The fourth-order valence-corrected chi connectivity index (χ4v) is 3.87. The molecule has 1 aliphatic rings. The van der Waals surface area contributed by atoms with Crippen molar-refractivity contribution < 1.29 is 22.7 Å². The van der Waals surface area contributed by atoms with Crippen molar-refractivity contribution in [3.8, 4) is 0 Å². The maximum Gasteiger partial charge on any atom is 0.417 e. The molecule has 0 bridgehead atoms. The average molecular weight is 418 g/mol. The molecule has 3 heterocycles. The molecule has 0 N–H and O–H groups in total. The quantitative estimate of drug-likeness (QED) is 0.645. The fourth-order valence-electron chi connectivity index (χ4n) is 3.87. The Morgan fingerprint density at radius 3 is 2.83 bits per heavy atom. The van der Waals surface area contributed by atoms with Gasteiger partial charge in [-0.25, -0.2) is 0 Å². The monoisotopic (exact) mass is 418 g/mol. The predicted octanol–water partition coefficient (Wildman–Crippen LogP) is 3.91. The normalized spacial score (nSPS) is 17.5. The van der Waals surface area contributed by atoms with E-state index >= 15 is 0 Å². The maximum atomic E-state index is 13.1. The van der Waals surface area contributed by atoms with Gasteiger partial charge in [-0.1, -0.05) is 12.1 Å². The number of hydrogen-bond donors (Lipinski definition) is 0. The summed E-state index contributed by atoms with van der Waals surface area (Å²) < 4.78 is 45.9. The molecule has 158 valence electrons. The zero-order valence-electron chi connectivity index (χ0n) is 16.4. The van der Waals surface area contributed by atoms with Crippen LogP contribution in [-0.4, -0.2) is 45.6 Å². The number of rotatable bonds is 4. The number of ether oxygens (including phenoxy) is 1. The Balaban J connectivity index is 1.58. The molecule has 30 heavy (non-hydrogen) atoms. The Morgan fingerprint density at radius 1 is 1.23 bits per heavy atom. The zero-order chi connectivity index (χ0) is 21.3. The SMILES string of the molecule is COCc1cccc(C(=O)N2CCCC(c3nnc4ccc(C(F)(F)F)cn34)C2)c1. The van der Waals surface area contributed by atoms with Crippen molar-refractivity contribution in [2.75, 3.05) is 20.2 Å². The first-order valence-corrected chi connectivity index (χ1v) is 9.66. The molecule has 1 fully saturated rings. The second kappa shape index (κ2) is 8.06. The van der Waals surface area contributed by atoms with Crippen LogP contribution in [-0.2, 0) is 17.5 Å². The highest BCUT2D eigenvalue weighted by molar-refractivity contribution is 5.94. The number of piperidine rings is 1. The number of pyridine rings is 1. The van der Waals surface area contributed by atoms with E-state index in [0.29, 0.717) is 36.7 Å². The van der Waals surface area contributed by atoms with E-state index in [9.17, 15) is 18.0 Å². The number of methoxy groups -OCH3 is 1. The molecule has 3 aromatic rings. The van der Waals surface area contributed by atoms with E-state index in [4.69, 9.17) is 4.74 Å². The number of halogens is 3. The molecule has 1 unspecified atom stereocenters. The number of aromatic nitrogens is 3. The van der Waals surface area contributed by atoms with Crippen LogP contribution < -0.4 is 0 Å². The van der Waals surface area contributed by atoms with E-state index in [2.05, 4.69) is 10.2 Å². The van der Waals surface area contributed by atoms with Gasteiger partial charge in [-0.3, -0.25) is 9.20 Å². The third kappa shape index (κ3) is 4.02. The number of alkyl halides is 3. The predicted molar refractivity (Wildman–Crippen MR) is 103 cm³/mol. The van der Waals surface area contributed by atoms with Gasteiger partial charge in [-0.15, -0.1) is 10.2 Å². The van der Waals surface area contributed by atoms with Gasteiger partial charge < -0.3 is 9.64 Å². The van der Waals surface area contributed by atoms with E-state index in [-0.39, 0.29) is 11.8 Å². The highest BCUT2D eigenvalue weighted by Crippen LogP contribution is 2.31. The fraction of sp³-hybridized carbons (Fsp3) is 0.381. The van der Waals surface area contributed by atoms with Crippen molar-refractivity contribution >= 4 is 11.6 Å². The van der Waals surface area contributed by atoms with Crippen molar-refractivity contribution in [1.82, 2.24) is 19.5 Å². The van der Waals surface area contributed by atoms with Crippen LogP contribution in [0.4, 0.5) is 13.2 Å². The molecule has 6 nitrogen and oxygen atoms in total. The number of nitrogens with zero attached hydrogens (tertiary/aromatic N) is 4. The summed E-state index contributed by atoms with van der Waals surface area (Å²) in [5.74, 6) is 0.146. The summed E-state index contributed by atoms with van der Waals surface area (Å²) >= 11 is 0. The number of carbonyl (C=O) groups excluding carboxylic acids is 1. The topological polar surface area (TPSA) is 59.7 Å². The van der Waals surface area contributed by atoms with E-state index in [1.807, 2.05) is 12.1 Å². The summed E-state index contributed by atoms with van der Waals surface area (Å²) in [7, 11) is 1.59. The van der Waals surface area contributed by atoms with Crippen molar-refractivity contribution in [2.24, 2.45) is 0 Å². The lowest BCUT2D eigenvalue weighted by Crippen LogP contribution is -2.39. The Hall–Kier alpha value is -2.94. The Kier molecular flexibility index (Phi) is 5.46. The van der Waals surface area contributed by atoms with E-state index < -0.39 is 11.7 Å². The Bertz CT molecular complexity index is 1060. The lowest BCUT2D eigenvalue weighted by Gasteiger charge is -2.32. The van der Waals surface area contributed by atoms with Gasteiger partial charge in [0.05, 0.1) is 12.2 Å². The molecule has 0 aliphatic carbocycles. The van der Waals surface area contributed by atoms with Gasteiger partial charge in [0.25, 0.3) is 5.91 Å². The standard InChI is InChI=1S/C21H21F3N4O2/c1-30-13-14-4-2-5-15(10-14)20(29)27-9-3-6-16(11-27)19-26-25-18-8-7-17(12-28(18)19)21(22,23)24/h2,4-5,7-8,10,12,16H,3,6,9,11,13H2,1H3. The van der Waals surface area contributed by atoms with E-state index in [1.54, 1.807) is 24.1 Å². The molecule has 2 aromatic heterocycles. The summed E-state index contributed by atoms with van der Waals surface area (Å²) in [6, 6.07) is 9.57. The third-order valence-electron chi connectivity index (χ3n) is 5.31. The van der Waals surface area contributed by atoms with Crippen molar-refractivity contribution in [3.63, 3.8) is 0 Å². The molecule has 1 amide bonds. The summed E-state index contributed by atoms with van der Waals surface area (Å²) in [5, 5.41) is 8.14. The molecule has 4 rings (SSSR count). The summed E-state index contributed by atoms with van der Waals surface area (Å²) in [5.41, 5.74) is 1.07. The number of carbonyl (C=O) groups is 1. The van der Waals surface area contributed by atoms with Crippen LogP contribution >= 0.6 is 0 Å². The lowest BCUT2D eigenvalue weighted by atomic mass is 9.96. The van der Waals surface area contributed by atoms with Crippen molar-refractivity contribution in [3.05, 3.63) is 65.1 Å². The van der Waals surface area contributed by atoms with Gasteiger partial charge in [0.15, 0.2) is 5.65 Å². The molecule has 0 saturated carbocycles. The average Bonchev–Trinajstić information content (AvgIpc) is 3.16. The minimum atomic E-state index is -4.45. The van der Waals surface area contributed by atoms with Crippen LogP contribution in [0.15, 0.2) is 42.6 Å². The first kappa shape index (κ1) is 20.3. The van der Waals surface area contributed by atoms with Gasteiger partial charge in [0.2, 0.25) is 0 Å². The molecule has 1 atom stereocenters. The lowest BCUT2D eigenvalue weighted by molar-refractivity contribution is -0.137. The minimum Gasteiger partial charge on any atom is -0.380 e. The van der Waals surface area contributed by atoms with Gasteiger partial charge >= 0.3 is 6.18 Å². The third-order valence-corrected chi connectivity index (χ3v) is 5.31. The second-order valence-corrected chi connectivity index (χ2v) is 7.43. The van der Waals surface area contributed by atoms with Crippen LogP contribution in [0.2, 0.25) is 0 Å². The molecule has 1 aliphatic heterocycles. The number of fused-ring (bicyclic) bond motifs is 1. The molecular formula is C21H21F3N4O2. The largest absolute Gasteiger partial charge is 0.417 e. The Labute approximate surface area is 171 Å². The number of hydrogen-bond acceptors (Lipinski definition) is 4. The number of amides is 1. The van der Waals surface area contributed by atoms with Crippen LogP contribution in [0.1, 0.15) is 46.1 Å². The van der Waals surface area contributed by atoms with Gasteiger partial charge in [0.1, 0.15) is 5.82 Å². The first-order chi connectivity index (χ1) is 14.4. The van der Waals surface area contributed by atoms with Gasteiger partial charge in [0, 0.05) is 37.9 Å². The molecule has 0 radical (unpaired) electrons. The van der Waals surface area contributed by atoms with Crippen LogP contribution in [0, 0.1) is 0 Å². The smallest absolute Gasteiger partial charge is 0.380 e. The first-order valence-electron chi connectivity index (χ1n) is 9.66. The minimum absolute atomic E-state index is 0.109. The van der Waals surface area contributed by atoms with Crippen LogP contribution in [0.5, 0.6) is 0 Å². The summed E-state index contributed by atoms with van der Waals surface area (Å²) in [4.78, 5) is 14.7. The molecule has 9 heteroatoms. The van der Waals surface area contributed by atoms with E-state index in [1.165, 1.54) is 10.5 Å². The molecule has 1 aromatic carbocycles. The summed E-state index contributed by atoms with van der Waals surface area (Å²) in [6.45, 7) is 1.38. The zero-order valence-corrected chi connectivity index (χ0v) is 16.4. The van der Waals surface area contributed by atoms with Crippen molar-refractivity contribution in [2.45, 2.75) is 31.5 Å². The highest BCUT2D eigenvalue weighted by atomic mass is 19.4. The molecule has 0 spiro atoms. The summed E-state index contributed by atoms with van der Waals surface area (Å²) in [6.07, 6.45) is -1.95. The van der Waals surface area contributed by atoms with Crippen LogP contribution in [0.3, 0.4) is 0 Å². The maximum absolute atomic E-state index is 13.1. The molecule has 1 saturated heterocycles. The second-order valence-electron chi connectivity index (χ2n) is 7.43. The number of likely N-dealkylation sites (tertiary alicyclic amines) is 1. The molecular weight excluding hydrogens is 397 g/mol. The van der Waals surface area contributed by atoms with Crippen LogP contribution in [0.25, 0.3) is 5.65 Å². The van der Waals surface area contributed by atoms with E-state index in [0.717, 1.165) is 30.7 Å².